The van der Waals surface area contributed by atoms with E-state index in [1.807, 2.05) is 30.3 Å². The number of benzene rings is 1. The molecule has 7 heteroatoms. The smallest absolute Gasteiger partial charge is 0.206 e. The SMILES string of the molecule is O=S(=O)(NC(CCl)c1ccccc1)c1ccc(Br)s1. The van der Waals surface area contributed by atoms with Gasteiger partial charge in [-0.1, -0.05) is 30.3 Å². The molecule has 2 aromatic rings. The lowest BCUT2D eigenvalue weighted by Crippen LogP contribution is -2.29. The number of thiophene rings is 1. The molecule has 19 heavy (non-hydrogen) atoms. The van der Waals surface area contributed by atoms with E-state index < -0.39 is 16.1 Å². The molecular formula is C12H11BrClNO2S2. The number of rotatable bonds is 5. The molecule has 0 aliphatic heterocycles. The molecule has 0 bridgehead atoms. The Labute approximate surface area is 129 Å². The summed E-state index contributed by atoms with van der Waals surface area (Å²) in [4.78, 5) is 0. The van der Waals surface area contributed by atoms with Gasteiger partial charge in [-0.3, -0.25) is 0 Å². The van der Waals surface area contributed by atoms with Gasteiger partial charge in [-0.15, -0.1) is 22.9 Å². The fourth-order valence-corrected chi connectivity index (χ4v) is 5.16. The molecule has 3 nitrogen and oxygen atoms in total. The molecule has 2 rings (SSSR count). The number of sulfonamides is 1. The molecule has 1 N–H and O–H groups in total. The summed E-state index contributed by atoms with van der Waals surface area (Å²) in [6.45, 7) is 0. The Morgan fingerprint density at radius 3 is 2.42 bits per heavy atom. The van der Waals surface area contributed by atoms with Crippen LogP contribution in [0, 0.1) is 0 Å². The quantitative estimate of drug-likeness (QED) is 0.803. The molecule has 0 saturated heterocycles. The minimum absolute atomic E-state index is 0.176. The largest absolute Gasteiger partial charge is 0.250 e. The van der Waals surface area contributed by atoms with Crippen molar-refractivity contribution in [2.24, 2.45) is 0 Å². The Kier molecular flexibility index (Phi) is 5.03. The van der Waals surface area contributed by atoms with Crippen LogP contribution in [0.15, 0.2) is 50.5 Å². The molecule has 0 spiro atoms. The molecule has 1 heterocycles. The van der Waals surface area contributed by atoms with E-state index >= 15 is 0 Å². The van der Waals surface area contributed by atoms with Gasteiger partial charge in [0, 0.05) is 5.88 Å². The highest BCUT2D eigenvalue weighted by atomic mass is 79.9. The maximum Gasteiger partial charge on any atom is 0.250 e. The Hall–Kier alpha value is -0.400. The van der Waals surface area contributed by atoms with Crippen LogP contribution in [0.3, 0.4) is 0 Å². The Morgan fingerprint density at radius 1 is 1.21 bits per heavy atom. The second kappa shape index (κ2) is 6.37. The Bertz CT molecular complexity index is 643. The fraction of sp³-hybridized carbons (Fsp3) is 0.167. The second-order valence-corrected chi connectivity index (χ2v) is 8.51. The van der Waals surface area contributed by atoms with Crippen molar-refractivity contribution in [3.8, 4) is 0 Å². The molecule has 102 valence electrons. The van der Waals surface area contributed by atoms with Crippen LogP contribution in [-0.2, 0) is 10.0 Å². The van der Waals surface area contributed by atoms with Gasteiger partial charge in [0.1, 0.15) is 4.21 Å². The third kappa shape index (κ3) is 3.79. The van der Waals surface area contributed by atoms with Crippen LogP contribution in [0.2, 0.25) is 0 Å². The number of alkyl halides is 1. The normalized spacial score (nSPS) is 13.4. The molecule has 1 unspecified atom stereocenters. The molecular weight excluding hydrogens is 370 g/mol. The highest BCUT2D eigenvalue weighted by Crippen LogP contribution is 2.27. The zero-order valence-electron chi connectivity index (χ0n) is 9.71. The van der Waals surface area contributed by atoms with Gasteiger partial charge in [0.15, 0.2) is 0 Å². The van der Waals surface area contributed by atoms with E-state index in [1.165, 1.54) is 11.3 Å². The lowest BCUT2D eigenvalue weighted by atomic mass is 10.1. The number of nitrogens with one attached hydrogen (secondary N) is 1. The Morgan fingerprint density at radius 2 is 1.89 bits per heavy atom. The van der Waals surface area contributed by atoms with Crippen molar-refractivity contribution < 1.29 is 8.42 Å². The molecule has 0 saturated carbocycles. The zero-order valence-corrected chi connectivity index (χ0v) is 13.7. The summed E-state index contributed by atoms with van der Waals surface area (Å²) in [6.07, 6.45) is 0. The molecule has 1 aromatic carbocycles. The molecule has 0 fully saturated rings. The first-order chi connectivity index (χ1) is 9.03. The van der Waals surface area contributed by atoms with E-state index in [0.29, 0.717) is 0 Å². The van der Waals surface area contributed by atoms with Crippen LogP contribution < -0.4 is 4.72 Å². The maximum absolute atomic E-state index is 12.2. The minimum Gasteiger partial charge on any atom is -0.206 e. The van der Waals surface area contributed by atoms with Gasteiger partial charge in [0.2, 0.25) is 0 Å². The van der Waals surface area contributed by atoms with Crippen LogP contribution in [0.25, 0.3) is 0 Å². The van der Waals surface area contributed by atoms with Crippen LogP contribution in [0.1, 0.15) is 11.6 Å². The standard InChI is InChI=1S/C12H11BrClNO2S2/c13-11-6-7-12(18-11)19(16,17)15-10(8-14)9-4-2-1-3-5-9/h1-7,10,15H,8H2. The van der Waals surface area contributed by atoms with E-state index in [2.05, 4.69) is 20.7 Å². The number of halogens is 2. The summed E-state index contributed by atoms with van der Waals surface area (Å²) in [5.74, 6) is 0.176. The third-order valence-corrected chi connectivity index (χ3v) is 6.36. The van der Waals surface area contributed by atoms with Crippen molar-refractivity contribution in [3.63, 3.8) is 0 Å². The van der Waals surface area contributed by atoms with Gasteiger partial charge < -0.3 is 0 Å². The lowest BCUT2D eigenvalue weighted by molar-refractivity contribution is 0.570. The van der Waals surface area contributed by atoms with Crippen LogP contribution in [0.5, 0.6) is 0 Å². The van der Waals surface area contributed by atoms with Gasteiger partial charge in [-0.25, -0.2) is 13.1 Å². The summed E-state index contributed by atoms with van der Waals surface area (Å²) in [7, 11) is -3.54. The van der Waals surface area contributed by atoms with Crippen molar-refractivity contribution in [2.75, 3.05) is 5.88 Å². The van der Waals surface area contributed by atoms with Gasteiger partial charge in [-0.05, 0) is 33.6 Å². The third-order valence-electron chi connectivity index (χ3n) is 2.47. The van der Waals surface area contributed by atoms with Crippen molar-refractivity contribution in [2.45, 2.75) is 10.3 Å². The van der Waals surface area contributed by atoms with Gasteiger partial charge in [0.05, 0.1) is 9.83 Å². The van der Waals surface area contributed by atoms with E-state index in [4.69, 9.17) is 11.6 Å². The number of hydrogen-bond acceptors (Lipinski definition) is 3. The molecule has 1 aromatic heterocycles. The van der Waals surface area contributed by atoms with Crippen LogP contribution >= 0.6 is 38.9 Å². The predicted molar refractivity (Wildman–Crippen MR) is 82.2 cm³/mol. The topological polar surface area (TPSA) is 46.2 Å². The first-order valence-electron chi connectivity index (χ1n) is 5.41. The monoisotopic (exact) mass is 379 g/mol. The highest BCUT2D eigenvalue weighted by molar-refractivity contribution is 9.11. The summed E-state index contributed by atoms with van der Waals surface area (Å²) < 4.78 is 28.1. The maximum atomic E-state index is 12.2. The van der Waals surface area contributed by atoms with Crippen molar-refractivity contribution in [1.29, 1.82) is 0 Å². The zero-order chi connectivity index (χ0) is 13.9. The first kappa shape index (κ1) is 15.0. The summed E-state index contributed by atoms with van der Waals surface area (Å²) in [5.41, 5.74) is 0.844. The minimum atomic E-state index is -3.54. The Balaban J connectivity index is 2.23. The highest BCUT2D eigenvalue weighted by Gasteiger charge is 2.22. The first-order valence-corrected chi connectivity index (χ1v) is 9.04. The fourth-order valence-electron chi connectivity index (χ4n) is 1.56. The van der Waals surface area contributed by atoms with Gasteiger partial charge in [-0.2, -0.15) is 0 Å². The summed E-state index contributed by atoms with van der Waals surface area (Å²) in [6, 6.07) is 12.1. The van der Waals surface area contributed by atoms with Crippen molar-refractivity contribution in [3.05, 3.63) is 51.8 Å². The van der Waals surface area contributed by atoms with Crippen LogP contribution in [0.4, 0.5) is 0 Å². The lowest BCUT2D eigenvalue weighted by Gasteiger charge is -2.15. The van der Waals surface area contributed by atoms with E-state index in [-0.39, 0.29) is 10.1 Å². The number of hydrogen-bond donors (Lipinski definition) is 1. The predicted octanol–water partition coefficient (Wildman–Crippen LogP) is 3.77. The van der Waals surface area contributed by atoms with Crippen molar-refractivity contribution in [1.82, 2.24) is 4.72 Å². The molecule has 0 radical (unpaired) electrons. The molecule has 0 amide bonds. The average molecular weight is 381 g/mol. The average Bonchev–Trinajstić information content (AvgIpc) is 2.85. The molecule has 1 atom stereocenters. The van der Waals surface area contributed by atoms with Gasteiger partial charge in [0.25, 0.3) is 10.0 Å². The van der Waals surface area contributed by atoms with E-state index in [9.17, 15) is 8.42 Å². The van der Waals surface area contributed by atoms with Crippen molar-refractivity contribution >= 4 is 48.9 Å². The van der Waals surface area contributed by atoms with Gasteiger partial charge >= 0.3 is 0 Å². The van der Waals surface area contributed by atoms with E-state index in [1.54, 1.807) is 12.1 Å². The second-order valence-electron chi connectivity index (χ2n) is 3.80. The molecule has 0 aliphatic rings. The van der Waals surface area contributed by atoms with E-state index in [0.717, 1.165) is 9.35 Å². The summed E-state index contributed by atoms with van der Waals surface area (Å²) in [5, 5.41) is 0. The molecule has 0 aliphatic carbocycles. The van der Waals surface area contributed by atoms with Crippen LogP contribution in [-0.4, -0.2) is 14.3 Å². The summed E-state index contributed by atoms with van der Waals surface area (Å²) >= 11 is 10.3.